The SMILES string of the molecule is CC(c1ccccc1)n1c(O)c2c(c1O)CCCC2. The smallest absolute Gasteiger partial charge is 0.198 e. The quantitative estimate of drug-likeness (QED) is 0.866. The van der Waals surface area contributed by atoms with Gasteiger partial charge in [0.05, 0.1) is 6.04 Å². The Kier molecular flexibility index (Phi) is 2.97. The van der Waals surface area contributed by atoms with E-state index in [2.05, 4.69) is 0 Å². The number of nitrogens with zero attached hydrogens (tertiary/aromatic N) is 1. The van der Waals surface area contributed by atoms with E-state index in [1.165, 1.54) is 0 Å². The average Bonchev–Trinajstić information content (AvgIpc) is 2.72. The molecule has 1 aromatic carbocycles. The molecule has 2 N–H and O–H groups in total. The molecule has 1 heterocycles. The maximum Gasteiger partial charge on any atom is 0.198 e. The number of hydrogen-bond acceptors (Lipinski definition) is 2. The first-order chi connectivity index (χ1) is 9.20. The summed E-state index contributed by atoms with van der Waals surface area (Å²) in [6.45, 7) is 2.00. The van der Waals surface area contributed by atoms with Crippen molar-refractivity contribution in [3.05, 3.63) is 47.0 Å². The third kappa shape index (κ3) is 1.89. The summed E-state index contributed by atoms with van der Waals surface area (Å²) in [4.78, 5) is 0. The van der Waals surface area contributed by atoms with Gasteiger partial charge in [-0.05, 0) is 38.2 Å². The minimum atomic E-state index is -0.0631. The second-order valence-corrected chi connectivity index (χ2v) is 5.27. The highest BCUT2D eigenvalue weighted by Crippen LogP contribution is 2.41. The van der Waals surface area contributed by atoms with E-state index >= 15 is 0 Å². The van der Waals surface area contributed by atoms with Crippen molar-refractivity contribution in [1.29, 1.82) is 0 Å². The molecule has 2 aromatic rings. The topological polar surface area (TPSA) is 45.4 Å². The fraction of sp³-hybridized carbons (Fsp3) is 0.375. The fourth-order valence-electron chi connectivity index (χ4n) is 3.04. The number of fused-ring (bicyclic) bond motifs is 1. The van der Waals surface area contributed by atoms with Crippen molar-refractivity contribution in [3.63, 3.8) is 0 Å². The van der Waals surface area contributed by atoms with E-state index in [9.17, 15) is 10.2 Å². The Morgan fingerprint density at radius 1 is 0.947 bits per heavy atom. The van der Waals surface area contributed by atoms with Gasteiger partial charge in [-0.1, -0.05) is 30.3 Å². The van der Waals surface area contributed by atoms with Gasteiger partial charge in [-0.2, -0.15) is 0 Å². The lowest BCUT2D eigenvalue weighted by Gasteiger charge is -2.16. The highest BCUT2D eigenvalue weighted by Gasteiger charge is 2.27. The summed E-state index contributed by atoms with van der Waals surface area (Å²) >= 11 is 0. The summed E-state index contributed by atoms with van der Waals surface area (Å²) in [5.41, 5.74) is 2.96. The van der Waals surface area contributed by atoms with Crippen LogP contribution in [-0.4, -0.2) is 14.8 Å². The van der Waals surface area contributed by atoms with Crippen LogP contribution in [0.1, 0.15) is 42.5 Å². The van der Waals surface area contributed by atoms with Crippen LogP contribution in [0, 0.1) is 0 Å². The molecule has 1 atom stereocenters. The standard InChI is InChI=1S/C16H19NO2/c1-11(12-7-3-2-4-8-12)17-15(18)13-9-5-6-10-14(13)16(17)19/h2-4,7-8,11,18-19H,5-6,9-10H2,1H3. The zero-order chi connectivity index (χ0) is 13.4. The largest absolute Gasteiger partial charge is 0.494 e. The van der Waals surface area contributed by atoms with Gasteiger partial charge in [0, 0.05) is 11.1 Å². The van der Waals surface area contributed by atoms with Gasteiger partial charge in [0.2, 0.25) is 0 Å². The highest BCUT2D eigenvalue weighted by atomic mass is 16.3. The Bertz CT molecular complexity index is 557. The first kappa shape index (κ1) is 12.2. The van der Waals surface area contributed by atoms with Gasteiger partial charge in [0.15, 0.2) is 11.8 Å². The summed E-state index contributed by atoms with van der Waals surface area (Å²) in [5.74, 6) is 0.479. The van der Waals surface area contributed by atoms with Gasteiger partial charge >= 0.3 is 0 Å². The zero-order valence-corrected chi connectivity index (χ0v) is 11.1. The molecule has 3 heteroatoms. The third-order valence-corrected chi connectivity index (χ3v) is 4.13. The Balaban J connectivity index is 2.08. The molecule has 0 spiro atoms. The molecule has 1 aromatic heterocycles. The lowest BCUT2D eigenvalue weighted by Crippen LogP contribution is -2.05. The van der Waals surface area contributed by atoms with Gasteiger partial charge in [-0.3, -0.25) is 4.57 Å². The van der Waals surface area contributed by atoms with Gasteiger partial charge in [-0.15, -0.1) is 0 Å². The first-order valence-corrected chi connectivity index (χ1v) is 6.89. The predicted molar refractivity (Wildman–Crippen MR) is 74.7 cm³/mol. The van der Waals surface area contributed by atoms with Gasteiger partial charge in [0.1, 0.15) is 0 Å². The average molecular weight is 257 g/mol. The van der Waals surface area contributed by atoms with Crippen molar-refractivity contribution in [2.75, 3.05) is 0 Å². The second kappa shape index (κ2) is 4.65. The second-order valence-electron chi connectivity index (χ2n) is 5.27. The zero-order valence-electron chi connectivity index (χ0n) is 11.1. The number of hydrogen-bond donors (Lipinski definition) is 2. The lowest BCUT2D eigenvalue weighted by molar-refractivity contribution is 0.354. The summed E-state index contributed by atoms with van der Waals surface area (Å²) in [7, 11) is 0. The number of aromatic nitrogens is 1. The molecular formula is C16H19NO2. The minimum Gasteiger partial charge on any atom is -0.494 e. The molecule has 1 aliphatic carbocycles. The Morgan fingerprint density at radius 2 is 1.47 bits per heavy atom. The van der Waals surface area contributed by atoms with Crippen molar-refractivity contribution in [2.24, 2.45) is 0 Å². The Hall–Kier alpha value is -1.90. The summed E-state index contributed by atoms with van der Waals surface area (Å²) in [6, 6.07) is 9.89. The molecule has 0 saturated heterocycles. The molecule has 100 valence electrons. The third-order valence-electron chi connectivity index (χ3n) is 4.13. The number of aromatic hydroxyl groups is 2. The van der Waals surface area contributed by atoms with E-state index < -0.39 is 0 Å². The van der Waals surface area contributed by atoms with E-state index in [4.69, 9.17) is 0 Å². The van der Waals surface area contributed by atoms with Crippen LogP contribution in [0.5, 0.6) is 11.8 Å². The van der Waals surface area contributed by atoms with Gasteiger partial charge < -0.3 is 10.2 Å². The molecule has 0 bridgehead atoms. The maximum absolute atomic E-state index is 10.4. The van der Waals surface area contributed by atoms with Gasteiger partial charge in [-0.25, -0.2) is 0 Å². The van der Waals surface area contributed by atoms with Crippen LogP contribution >= 0.6 is 0 Å². The van der Waals surface area contributed by atoms with E-state index in [0.717, 1.165) is 42.4 Å². The maximum atomic E-state index is 10.4. The molecule has 0 radical (unpaired) electrons. The Morgan fingerprint density at radius 3 is 2.00 bits per heavy atom. The molecule has 3 rings (SSSR count). The van der Waals surface area contributed by atoms with Gasteiger partial charge in [0.25, 0.3) is 0 Å². The number of benzene rings is 1. The summed E-state index contributed by atoms with van der Waals surface area (Å²) in [6.07, 6.45) is 3.90. The Labute approximate surface area is 113 Å². The lowest BCUT2D eigenvalue weighted by atomic mass is 9.95. The monoisotopic (exact) mass is 257 g/mol. The van der Waals surface area contributed by atoms with Crippen molar-refractivity contribution in [1.82, 2.24) is 4.57 Å². The van der Waals surface area contributed by atoms with Crippen molar-refractivity contribution in [2.45, 2.75) is 38.6 Å². The van der Waals surface area contributed by atoms with Crippen LogP contribution in [0.3, 0.4) is 0 Å². The van der Waals surface area contributed by atoms with E-state index in [-0.39, 0.29) is 17.8 Å². The van der Waals surface area contributed by atoms with Crippen molar-refractivity contribution in [3.8, 4) is 11.8 Å². The van der Waals surface area contributed by atoms with Crippen LogP contribution in [-0.2, 0) is 12.8 Å². The van der Waals surface area contributed by atoms with E-state index in [0.29, 0.717) is 0 Å². The molecular weight excluding hydrogens is 238 g/mol. The van der Waals surface area contributed by atoms with E-state index in [1.54, 1.807) is 4.57 Å². The molecule has 1 unspecified atom stereocenters. The molecule has 0 aliphatic heterocycles. The minimum absolute atomic E-state index is 0.0631. The van der Waals surface area contributed by atoms with Crippen molar-refractivity contribution >= 4 is 0 Å². The van der Waals surface area contributed by atoms with Crippen LogP contribution < -0.4 is 0 Å². The summed E-state index contributed by atoms with van der Waals surface area (Å²) in [5, 5.41) is 20.8. The summed E-state index contributed by atoms with van der Waals surface area (Å²) < 4.78 is 1.66. The van der Waals surface area contributed by atoms with E-state index in [1.807, 2.05) is 37.3 Å². The molecule has 0 saturated carbocycles. The van der Waals surface area contributed by atoms with Crippen LogP contribution in [0.2, 0.25) is 0 Å². The molecule has 0 fully saturated rings. The van der Waals surface area contributed by atoms with Crippen molar-refractivity contribution < 1.29 is 10.2 Å². The number of rotatable bonds is 2. The normalized spacial score (nSPS) is 16.1. The van der Waals surface area contributed by atoms with Crippen LogP contribution in [0.25, 0.3) is 0 Å². The molecule has 19 heavy (non-hydrogen) atoms. The fourth-order valence-corrected chi connectivity index (χ4v) is 3.04. The molecule has 3 nitrogen and oxygen atoms in total. The van der Waals surface area contributed by atoms with Crippen LogP contribution in [0.15, 0.2) is 30.3 Å². The predicted octanol–water partition coefficient (Wildman–Crippen LogP) is 3.39. The first-order valence-electron chi connectivity index (χ1n) is 6.89. The highest BCUT2D eigenvalue weighted by molar-refractivity contribution is 5.48. The van der Waals surface area contributed by atoms with Crippen LogP contribution in [0.4, 0.5) is 0 Å². The molecule has 1 aliphatic rings. The molecule has 0 amide bonds.